The molecule has 0 aromatic heterocycles. The van der Waals surface area contributed by atoms with Gasteiger partial charge in [-0.15, -0.1) is 0 Å². The van der Waals surface area contributed by atoms with Gasteiger partial charge in [0.25, 0.3) is 6.71 Å². The van der Waals surface area contributed by atoms with Crippen LogP contribution >= 0.6 is 0 Å². The molecule has 0 saturated carbocycles. The van der Waals surface area contributed by atoms with Crippen LogP contribution < -0.4 is 35.8 Å². The summed E-state index contributed by atoms with van der Waals surface area (Å²) in [6.45, 7) is 4.15. The van der Waals surface area contributed by atoms with Crippen molar-refractivity contribution in [2.24, 2.45) is 0 Å². The van der Waals surface area contributed by atoms with Crippen LogP contribution in [-0.4, -0.2) is 6.71 Å². The van der Waals surface area contributed by atoms with E-state index in [1.54, 1.807) is 0 Å². The van der Waals surface area contributed by atoms with E-state index >= 15 is 0 Å². The molecule has 2 aliphatic rings. The summed E-state index contributed by atoms with van der Waals surface area (Å²) in [7, 11) is 0. The van der Waals surface area contributed by atoms with Crippen LogP contribution in [0.15, 0.2) is 218 Å². The van der Waals surface area contributed by atoms with Crippen molar-refractivity contribution in [1.29, 1.82) is 0 Å². The minimum absolute atomic E-state index is 0.137. The molecule has 0 aliphatic carbocycles. The number of benzene rings is 10. The third-order valence-corrected chi connectivity index (χ3v) is 12.8. The van der Waals surface area contributed by atoms with Crippen molar-refractivity contribution in [3.8, 4) is 11.5 Å². The molecule has 10 aromatic carbocycles. The topological polar surface area (TPSA) is 19.0 Å². The first-order valence-corrected chi connectivity index (χ1v) is 21.7. The van der Waals surface area contributed by atoms with Crippen molar-refractivity contribution in [1.82, 2.24) is 0 Å². The van der Waals surface area contributed by atoms with Gasteiger partial charge in [-0.25, -0.2) is 0 Å². The summed E-state index contributed by atoms with van der Waals surface area (Å²) < 4.78 is 7.25. The molecule has 0 saturated heterocycles. The summed E-state index contributed by atoms with van der Waals surface area (Å²) in [5.74, 6) is 1.74. The van der Waals surface area contributed by atoms with E-state index in [2.05, 4.69) is 247 Å². The normalized spacial score (nSPS) is 12.3. The molecule has 0 spiro atoms. The van der Waals surface area contributed by atoms with Crippen molar-refractivity contribution in [2.45, 2.75) is 13.8 Å². The average molecular weight is 808 g/mol. The highest BCUT2D eigenvalue weighted by molar-refractivity contribution is 7.02. The number of para-hydroxylation sites is 3. The van der Waals surface area contributed by atoms with E-state index < -0.39 is 0 Å². The number of hydrogen-bond acceptors (Lipinski definition) is 4. The fourth-order valence-electron chi connectivity index (χ4n) is 10.00. The average Bonchev–Trinajstić information content (AvgIpc) is 3.34. The minimum atomic E-state index is -0.137. The molecular weight excluding hydrogens is 765 g/mol. The zero-order valence-electron chi connectivity index (χ0n) is 35.1. The maximum Gasteiger partial charge on any atom is 0.258 e. The van der Waals surface area contributed by atoms with Gasteiger partial charge >= 0.3 is 0 Å². The van der Waals surface area contributed by atoms with E-state index in [1.807, 2.05) is 0 Å². The molecule has 0 unspecified atom stereocenters. The largest absolute Gasteiger partial charge is 0.458 e. The molecule has 0 fully saturated rings. The predicted molar refractivity (Wildman–Crippen MR) is 266 cm³/mol. The molecule has 0 amide bonds. The Labute approximate surface area is 368 Å². The summed E-state index contributed by atoms with van der Waals surface area (Å²) >= 11 is 0. The van der Waals surface area contributed by atoms with Gasteiger partial charge in [-0.1, -0.05) is 145 Å². The van der Waals surface area contributed by atoms with Gasteiger partial charge < -0.3 is 19.4 Å². The molecule has 2 aliphatic heterocycles. The second-order valence-electron chi connectivity index (χ2n) is 16.6. The number of hydrogen-bond donors (Lipinski definition) is 0. The number of aryl methyl sites for hydroxylation is 2. The fraction of sp³-hybridized carbons (Fsp3) is 0.0345. The quantitative estimate of drug-likeness (QED) is 0.149. The smallest absolute Gasteiger partial charge is 0.258 e. The molecule has 12 rings (SSSR count). The van der Waals surface area contributed by atoms with Gasteiger partial charge in [0.05, 0.1) is 11.4 Å². The highest BCUT2D eigenvalue weighted by Gasteiger charge is 2.44. The van der Waals surface area contributed by atoms with Gasteiger partial charge in [-0.3, -0.25) is 0 Å². The third-order valence-electron chi connectivity index (χ3n) is 12.8. The van der Waals surface area contributed by atoms with Crippen molar-refractivity contribution in [2.75, 3.05) is 14.7 Å². The molecular formula is C58H42BN3O. The maximum atomic E-state index is 7.25. The van der Waals surface area contributed by atoms with Gasteiger partial charge in [-0.2, -0.15) is 0 Å². The molecule has 0 bridgehead atoms. The first kappa shape index (κ1) is 36.8. The minimum Gasteiger partial charge on any atom is -0.458 e. The molecule has 0 atom stereocenters. The lowest BCUT2D eigenvalue weighted by Gasteiger charge is -2.42. The standard InChI is InChI=1S/C58H42BN3O/c1-39-29-33-44(34-30-39)60(41-17-6-3-7-18-41)51-37-53-56(48-25-14-12-23-46(48)51)59-57-49-26-15-13-24-47(49)52(61(42-19-8-4-9-20-42)45-35-31-40(2)32-36-45)38-55(57)63-54-28-16-27-50(58(54)59)62(53)43-21-10-5-11-22-43/h3-38H,1-2H3. The van der Waals surface area contributed by atoms with E-state index in [0.717, 1.165) is 68.1 Å². The molecule has 10 aromatic rings. The summed E-state index contributed by atoms with van der Waals surface area (Å²) in [4.78, 5) is 7.24. The van der Waals surface area contributed by atoms with E-state index in [1.165, 1.54) is 43.7 Å². The van der Waals surface area contributed by atoms with Gasteiger partial charge in [0, 0.05) is 56.7 Å². The Balaban J connectivity index is 1.18. The lowest BCUT2D eigenvalue weighted by molar-refractivity contribution is 0.488. The Kier molecular flexibility index (Phi) is 8.68. The summed E-state index contributed by atoms with van der Waals surface area (Å²) in [6.07, 6.45) is 0. The van der Waals surface area contributed by atoms with Crippen LogP contribution in [0.1, 0.15) is 11.1 Å². The van der Waals surface area contributed by atoms with Crippen LogP contribution in [0, 0.1) is 13.8 Å². The Morgan fingerprint density at radius 1 is 0.365 bits per heavy atom. The van der Waals surface area contributed by atoms with Gasteiger partial charge in [0.1, 0.15) is 11.5 Å². The Bertz CT molecular complexity index is 3340. The van der Waals surface area contributed by atoms with Crippen LogP contribution in [0.5, 0.6) is 11.5 Å². The van der Waals surface area contributed by atoms with Gasteiger partial charge in [-0.05, 0) is 120 Å². The van der Waals surface area contributed by atoms with Crippen molar-refractivity contribution in [3.63, 3.8) is 0 Å². The number of ether oxygens (including phenoxy) is 1. The monoisotopic (exact) mass is 807 g/mol. The first-order chi connectivity index (χ1) is 31.1. The SMILES string of the molecule is Cc1ccc(N(c2ccccc2)c2cc3c(c4ccccc24)B2c4c(cccc4N(c4ccccc4)c4cc(N(c5ccccc5)c5ccc(C)cc5)c5ccccc5c42)O3)cc1. The summed E-state index contributed by atoms with van der Waals surface area (Å²) in [5.41, 5.74) is 16.0. The molecule has 2 heterocycles. The maximum absolute atomic E-state index is 7.25. The van der Waals surface area contributed by atoms with Crippen LogP contribution in [0.4, 0.5) is 51.2 Å². The fourth-order valence-corrected chi connectivity index (χ4v) is 10.00. The van der Waals surface area contributed by atoms with Gasteiger partial charge in [0.2, 0.25) is 0 Å². The Morgan fingerprint density at radius 2 is 0.825 bits per heavy atom. The Hall–Kier alpha value is -8.02. The van der Waals surface area contributed by atoms with Crippen LogP contribution in [0.2, 0.25) is 0 Å². The number of fused-ring (bicyclic) bond motifs is 8. The molecule has 5 heteroatoms. The van der Waals surface area contributed by atoms with Crippen LogP contribution in [0.3, 0.4) is 0 Å². The lowest BCUT2D eigenvalue weighted by Crippen LogP contribution is -2.60. The second-order valence-corrected chi connectivity index (χ2v) is 16.6. The highest BCUT2D eigenvalue weighted by atomic mass is 16.5. The Morgan fingerprint density at radius 3 is 1.38 bits per heavy atom. The number of anilines is 9. The van der Waals surface area contributed by atoms with Crippen molar-refractivity contribution < 1.29 is 4.74 Å². The van der Waals surface area contributed by atoms with Gasteiger partial charge in [0.15, 0.2) is 0 Å². The zero-order chi connectivity index (χ0) is 42.0. The summed E-state index contributed by atoms with van der Waals surface area (Å²) in [5, 5.41) is 4.71. The van der Waals surface area contributed by atoms with E-state index in [4.69, 9.17) is 4.74 Å². The molecule has 0 radical (unpaired) electrons. The molecule has 63 heavy (non-hydrogen) atoms. The van der Waals surface area contributed by atoms with Crippen LogP contribution in [0.25, 0.3) is 21.5 Å². The van der Waals surface area contributed by atoms with Crippen LogP contribution in [-0.2, 0) is 0 Å². The molecule has 298 valence electrons. The molecule has 0 N–H and O–H groups in total. The zero-order valence-corrected chi connectivity index (χ0v) is 35.1. The predicted octanol–water partition coefficient (Wildman–Crippen LogP) is 14.0. The first-order valence-electron chi connectivity index (χ1n) is 21.7. The van der Waals surface area contributed by atoms with Crippen molar-refractivity contribution >= 4 is 95.8 Å². The molecule has 4 nitrogen and oxygen atoms in total. The third kappa shape index (κ3) is 6.00. The number of rotatable bonds is 7. The van der Waals surface area contributed by atoms with E-state index in [0.29, 0.717) is 0 Å². The lowest BCUT2D eigenvalue weighted by atomic mass is 9.33. The van der Waals surface area contributed by atoms with Crippen molar-refractivity contribution in [3.05, 3.63) is 230 Å². The highest BCUT2D eigenvalue weighted by Crippen LogP contribution is 2.49. The summed E-state index contributed by atoms with van der Waals surface area (Å²) in [6, 6.07) is 79.1. The van der Waals surface area contributed by atoms with E-state index in [9.17, 15) is 0 Å². The van der Waals surface area contributed by atoms with E-state index in [-0.39, 0.29) is 6.71 Å². The second kappa shape index (κ2) is 14.9. The number of nitrogens with zero attached hydrogens (tertiary/aromatic N) is 3.